The first-order valence-corrected chi connectivity index (χ1v) is 20.5. The van der Waals surface area contributed by atoms with Crippen LogP contribution in [0.1, 0.15) is 82.5 Å². The molecule has 11 N–H and O–H groups in total. The van der Waals surface area contributed by atoms with Gasteiger partial charge in [0, 0.05) is 34.2 Å². The number of nitrogens with zero attached hydrogens (tertiary/aromatic N) is 2. The van der Waals surface area contributed by atoms with Gasteiger partial charge >= 0.3 is 12.1 Å². The molecule has 0 radical (unpaired) electrons. The number of aliphatic hydroxyl groups excluding tert-OH is 2. The van der Waals surface area contributed by atoms with E-state index in [1.54, 1.807) is 73.2 Å². The molecule has 2 fully saturated rings. The van der Waals surface area contributed by atoms with Crippen molar-refractivity contribution in [2.75, 3.05) is 41.3 Å². The van der Waals surface area contributed by atoms with E-state index in [9.17, 15) is 43.8 Å². The Morgan fingerprint density at radius 3 is 1.59 bits per heavy atom. The molecule has 21 heteroatoms. The molecule has 19 nitrogen and oxygen atoms in total. The van der Waals surface area contributed by atoms with Gasteiger partial charge in [-0.3, -0.25) is 28.8 Å². The van der Waals surface area contributed by atoms with Crippen LogP contribution >= 0.6 is 24.8 Å². The van der Waals surface area contributed by atoms with Gasteiger partial charge < -0.3 is 62.6 Å². The molecule has 0 spiro atoms. The van der Waals surface area contributed by atoms with Crippen LogP contribution in [0.25, 0.3) is 0 Å². The molecule has 2 aromatic rings. The molecule has 6 atom stereocenters. The highest BCUT2D eigenvalue weighted by Crippen LogP contribution is 2.34. The minimum atomic E-state index is -1.52. The van der Waals surface area contributed by atoms with E-state index < -0.39 is 78.3 Å². The topological polar surface area (TPSA) is 296 Å². The Morgan fingerprint density at radius 1 is 0.688 bits per heavy atom. The van der Waals surface area contributed by atoms with Crippen LogP contribution < -0.4 is 32.7 Å². The summed E-state index contributed by atoms with van der Waals surface area (Å²) in [6.07, 6.45) is 1.56. The Balaban J connectivity index is 0.000000967. The number of carboxylic acid groups (broad SMARTS) is 1. The number of likely N-dealkylation sites (N-methyl/N-ethyl adjacent to an activating group) is 2. The molecule has 0 heterocycles. The van der Waals surface area contributed by atoms with Crippen LogP contribution in [0.5, 0.6) is 0 Å². The van der Waals surface area contributed by atoms with Crippen LogP contribution in [0.2, 0.25) is 0 Å². The molecule has 0 bridgehead atoms. The fraction of sp³-hybridized carbons (Fsp3) is 0.558. The minimum Gasteiger partial charge on any atom is -0.480 e. The van der Waals surface area contributed by atoms with Crippen molar-refractivity contribution in [3.8, 4) is 0 Å². The first-order valence-electron chi connectivity index (χ1n) is 20.5. The van der Waals surface area contributed by atoms with E-state index in [0.717, 1.165) is 31.2 Å². The largest absolute Gasteiger partial charge is 0.480 e. The van der Waals surface area contributed by atoms with Gasteiger partial charge in [-0.2, -0.15) is 0 Å². The summed E-state index contributed by atoms with van der Waals surface area (Å²) in [7, 11) is 6.60. The lowest BCUT2D eigenvalue weighted by molar-refractivity contribution is -0.140. The summed E-state index contributed by atoms with van der Waals surface area (Å²) in [4.78, 5) is 84.9. The number of rotatable bonds is 18. The molecule has 2 aromatic carbocycles. The number of carboxylic acids is 1. The first kappa shape index (κ1) is 58.9. The van der Waals surface area contributed by atoms with Crippen LogP contribution in [0.3, 0.4) is 0 Å². The Morgan fingerprint density at radius 2 is 1.14 bits per heavy atom. The van der Waals surface area contributed by atoms with Gasteiger partial charge in [0.15, 0.2) is 6.10 Å². The zero-order valence-electron chi connectivity index (χ0n) is 37.5. The van der Waals surface area contributed by atoms with Crippen molar-refractivity contribution < 1.29 is 53.6 Å². The normalized spacial score (nSPS) is 15.5. The number of ether oxygens (including phenoxy) is 1. The number of carbonyl (C=O) groups excluding carboxylic acids is 6. The number of hydrogen-bond acceptors (Lipinski definition) is 12. The summed E-state index contributed by atoms with van der Waals surface area (Å²) in [5.41, 5.74) is 12.4. The van der Waals surface area contributed by atoms with Crippen molar-refractivity contribution in [1.29, 1.82) is 0 Å². The number of aliphatic carboxylic acids is 1. The van der Waals surface area contributed by atoms with Crippen molar-refractivity contribution in [2.24, 2.45) is 23.3 Å². The van der Waals surface area contributed by atoms with Crippen molar-refractivity contribution in [1.82, 2.24) is 31.1 Å². The summed E-state index contributed by atoms with van der Waals surface area (Å²) >= 11 is 0. The van der Waals surface area contributed by atoms with Crippen molar-refractivity contribution >= 4 is 66.4 Å². The second kappa shape index (κ2) is 28.7. The monoisotopic (exact) mass is 942 g/mol. The zero-order valence-corrected chi connectivity index (χ0v) is 39.2. The molecule has 64 heavy (non-hydrogen) atoms. The highest BCUT2D eigenvalue weighted by Gasteiger charge is 2.35. The Hall–Kier alpha value is -5.05. The van der Waals surface area contributed by atoms with E-state index in [2.05, 4.69) is 21.3 Å². The van der Waals surface area contributed by atoms with E-state index in [4.69, 9.17) is 21.3 Å². The van der Waals surface area contributed by atoms with Crippen LogP contribution in [-0.4, -0.2) is 138 Å². The fourth-order valence-corrected chi connectivity index (χ4v) is 5.71. The molecule has 2 aliphatic carbocycles. The molecule has 0 aromatic heterocycles. The van der Waals surface area contributed by atoms with Gasteiger partial charge in [0.2, 0.25) is 17.7 Å². The van der Waals surface area contributed by atoms with E-state index >= 15 is 0 Å². The number of benzene rings is 2. The molecular weight excluding hydrogens is 875 g/mol. The number of nitrogens with one attached hydrogen (secondary N) is 4. The quantitative estimate of drug-likeness (QED) is 0.102. The number of nitrogens with two attached hydrogens (primary N) is 2. The highest BCUT2D eigenvalue weighted by atomic mass is 35.5. The molecule has 3 unspecified atom stereocenters. The number of aliphatic hydroxyl groups is 2. The highest BCUT2D eigenvalue weighted by molar-refractivity contribution is 5.91. The number of alkyl carbamates (subject to hydrolysis) is 1. The van der Waals surface area contributed by atoms with Crippen LogP contribution in [-0.2, 0) is 33.5 Å². The summed E-state index contributed by atoms with van der Waals surface area (Å²) < 4.78 is 5.11. The summed E-state index contributed by atoms with van der Waals surface area (Å²) in [6.45, 7) is 4.18. The third kappa shape index (κ3) is 23.0. The predicted molar refractivity (Wildman–Crippen MR) is 244 cm³/mol. The number of amides is 6. The number of halogens is 2. The lowest BCUT2D eigenvalue weighted by atomic mass is 10.0. The van der Waals surface area contributed by atoms with Gasteiger partial charge in [-0.1, -0.05) is 86.3 Å². The number of carbonyl (C=O) groups is 7. The van der Waals surface area contributed by atoms with Crippen LogP contribution in [0, 0.1) is 11.8 Å². The summed E-state index contributed by atoms with van der Waals surface area (Å²) in [5.74, 6) is -2.79. The van der Waals surface area contributed by atoms with Crippen LogP contribution in [0.15, 0.2) is 60.7 Å². The van der Waals surface area contributed by atoms with E-state index in [0.29, 0.717) is 30.2 Å². The third-order valence-corrected chi connectivity index (χ3v) is 9.44. The molecular formula is C43H68Cl2N8O11. The molecule has 4 rings (SSSR count). The van der Waals surface area contributed by atoms with Gasteiger partial charge in [-0.05, 0) is 56.6 Å². The molecule has 6 amide bonds. The molecule has 2 aliphatic rings. The van der Waals surface area contributed by atoms with E-state index in [1.165, 1.54) is 9.80 Å². The maximum atomic E-state index is 12.4. The standard InChI is InChI=1S/C19H28N4O4.C14H24N2O6.C10H14N2O.2ClH/c1-23(2)19(27)16(13-6-4-3-5-7-13)22-15(24)11-21-18(26)17(25)14(20)10-12-8-9-12;1-14(2,3)22-13(21)16-9(6-8-4-5-8)11(19)12(20)15-7-10(17)18;1-12(2)10(13)9(11)8-6-4-3-5-7-8;;/h3-7,12,14,16-17,25H,8-11,20H2,1-2H3,(H,21,26)(H,22,24);8-9,11,19H,4-7H2,1-3H3,(H,15,20)(H,16,21)(H,17,18);3-7,9H,11H2,1-2H3;2*1H/t14?,16-,17+;;9-;;/m0.0../s1. The van der Waals surface area contributed by atoms with Gasteiger partial charge in [-0.25, -0.2) is 4.79 Å². The molecule has 360 valence electrons. The van der Waals surface area contributed by atoms with Gasteiger partial charge in [0.05, 0.1) is 12.6 Å². The lowest BCUT2D eigenvalue weighted by Crippen LogP contribution is -2.52. The maximum absolute atomic E-state index is 12.4. The van der Waals surface area contributed by atoms with Crippen molar-refractivity contribution in [3.05, 3.63) is 71.8 Å². The summed E-state index contributed by atoms with van der Waals surface area (Å²) in [5, 5.41) is 38.1. The van der Waals surface area contributed by atoms with E-state index in [1.807, 2.05) is 36.4 Å². The first-order chi connectivity index (χ1) is 29.0. The second-order valence-electron chi connectivity index (χ2n) is 16.8. The Kier molecular flexibility index (Phi) is 26.4. The predicted octanol–water partition coefficient (Wildman–Crippen LogP) is 1.40. The second-order valence-corrected chi connectivity index (χ2v) is 16.8. The lowest BCUT2D eigenvalue weighted by Gasteiger charge is -2.26. The third-order valence-electron chi connectivity index (χ3n) is 9.44. The Bertz CT molecular complexity index is 1780. The van der Waals surface area contributed by atoms with Crippen molar-refractivity contribution in [3.63, 3.8) is 0 Å². The van der Waals surface area contributed by atoms with Crippen molar-refractivity contribution in [2.45, 2.75) is 101 Å². The average Bonchev–Trinajstić information content (AvgIpc) is 4.17. The summed E-state index contributed by atoms with van der Waals surface area (Å²) in [6, 6.07) is 15.3. The minimum absolute atomic E-state index is 0. The SMILES string of the molecule is CC(C)(C)OC(=O)NC(CC1CC1)C(O)C(=O)NCC(=O)O.CN(C)C(=O)[C@@H](N)c1ccccc1.CN(C)C(=O)[C@@H](NC(=O)CNC(=O)[C@H](O)C(N)CC1CC1)c1ccccc1.Cl.Cl. The smallest absolute Gasteiger partial charge is 0.407 e. The number of hydrogen-bond donors (Lipinski definition) is 9. The Labute approximate surface area is 387 Å². The van der Waals surface area contributed by atoms with Gasteiger partial charge in [0.1, 0.15) is 30.3 Å². The van der Waals surface area contributed by atoms with E-state index in [-0.39, 0.29) is 43.2 Å². The fourth-order valence-electron chi connectivity index (χ4n) is 5.71. The van der Waals surface area contributed by atoms with Gasteiger partial charge in [-0.15, -0.1) is 24.8 Å². The average molecular weight is 944 g/mol. The van der Waals surface area contributed by atoms with Crippen LogP contribution in [0.4, 0.5) is 4.79 Å². The molecule has 0 saturated heterocycles. The zero-order chi connectivity index (χ0) is 46.7. The molecule has 0 aliphatic heterocycles. The maximum Gasteiger partial charge on any atom is 0.407 e. The van der Waals surface area contributed by atoms with Gasteiger partial charge in [0.25, 0.3) is 11.8 Å². The molecule has 2 saturated carbocycles.